The van der Waals surface area contributed by atoms with E-state index in [0.29, 0.717) is 0 Å². The molecule has 0 aliphatic carbocycles. The first-order valence-electron chi connectivity index (χ1n) is 4.82. The number of hydrogen-bond donors (Lipinski definition) is 2. The fourth-order valence-electron chi connectivity index (χ4n) is 1.22. The Bertz CT molecular complexity index is 448. The van der Waals surface area contributed by atoms with Gasteiger partial charge in [-0.25, -0.2) is 0 Å². The highest BCUT2D eigenvalue weighted by molar-refractivity contribution is 6.33. The summed E-state index contributed by atoms with van der Waals surface area (Å²) in [5.74, 6) is -0.639. The van der Waals surface area contributed by atoms with Crippen LogP contribution in [-0.2, 0) is 0 Å². The molecule has 2 N–H and O–H groups in total. The summed E-state index contributed by atoms with van der Waals surface area (Å²) >= 11 is 5.66. The van der Waals surface area contributed by atoms with Crippen molar-refractivity contribution in [3.05, 3.63) is 38.9 Å². The van der Waals surface area contributed by atoms with E-state index in [2.05, 4.69) is 5.32 Å². The molecule has 0 saturated carbocycles. The SMILES string of the molecule is C[C@@H](O)CNC(=O)c1cccc(Cl)c1[N+](=O)[O-]. The van der Waals surface area contributed by atoms with Crippen LogP contribution in [0.5, 0.6) is 0 Å². The zero-order chi connectivity index (χ0) is 13.0. The molecule has 1 aromatic rings. The third kappa shape index (κ3) is 3.40. The van der Waals surface area contributed by atoms with Crippen molar-refractivity contribution in [1.82, 2.24) is 5.32 Å². The van der Waals surface area contributed by atoms with Crippen molar-refractivity contribution in [2.45, 2.75) is 13.0 Å². The quantitative estimate of drug-likeness (QED) is 0.630. The maximum Gasteiger partial charge on any atom is 0.300 e. The number of hydrogen-bond acceptors (Lipinski definition) is 4. The van der Waals surface area contributed by atoms with Gasteiger partial charge >= 0.3 is 5.69 Å². The molecule has 0 fully saturated rings. The lowest BCUT2D eigenvalue weighted by Crippen LogP contribution is -2.31. The van der Waals surface area contributed by atoms with Gasteiger partial charge in [0, 0.05) is 6.54 Å². The number of rotatable bonds is 4. The minimum Gasteiger partial charge on any atom is -0.392 e. The van der Waals surface area contributed by atoms with Gasteiger partial charge in [-0.1, -0.05) is 17.7 Å². The number of nitrogens with zero attached hydrogens (tertiary/aromatic N) is 1. The summed E-state index contributed by atoms with van der Waals surface area (Å²) in [5.41, 5.74) is -0.555. The Morgan fingerprint density at radius 1 is 1.65 bits per heavy atom. The van der Waals surface area contributed by atoms with Crippen LogP contribution in [-0.4, -0.2) is 28.6 Å². The molecule has 6 nitrogen and oxygen atoms in total. The van der Waals surface area contributed by atoms with E-state index in [1.54, 1.807) is 0 Å². The predicted molar refractivity (Wildman–Crippen MR) is 62.1 cm³/mol. The molecule has 0 aromatic heterocycles. The van der Waals surface area contributed by atoms with Crippen LogP contribution in [0.3, 0.4) is 0 Å². The second-order valence-corrected chi connectivity index (χ2v) is 3.86. The zero-order valence-electron chi connectivity index (χ0n) is 9.01. The fraction of sp³-hybridized carbons (Fsp3) is 0.300. The van der Waals surface area contributed by atoms with Crippen LogP contribution in [0, 0.1) is 10.1 Å². The summed E-state index contributed by atoms with van der Waals surface area (Å²) < 4.78 is 0. The number of carbonyl (C=O) groups excluding carboxylic acids is 1. The first-order chi connectivity index (χ1) is 7.93. The summed E-state index contributed by atoms with van der Waals surface area (Å²) in [6.45, 7) is 1.51. The van der Waals surface area contributed by atoms with Gasteiger partial charge in [-0.2, -0.15) is 0 Å². The van der Waals surface area contributed by atoms with Gasteiger partial charge in [0.15, 0.2) is 0 Å². The van der Waals surface area contributed by atoms with Gasteiger partial charge < -0.3 is 10.4 Å². The Hall–Kier alpha value is -1.66. The van der Waals surface area contributed by atoms with E-state index in [-0.39, 0.29) is 17.1 Å². The third-order valence-electron chi connectivity index (χ3n) is 1.97. The zero-order valence-corrected chi connectivity index (χ0v) is 9.77. The molecule has 1 aromatic carbocycles. The monoisotopic (exact) mass is 258 g/mol. The summed E-state index contributed by atoms with van der Waals surface area (Å²) in [6, 6.07) is 4.10. The molecule has 92 valence electrons. The van der Waals surface area contributed by atoms with Crippen LogP contribution in [0.15, 0.2) is 18.2 Å². The number of nitrogens with one attached hydrogen (secondary N) is 1. The molecule has 0 bridgehead atoms. The van der Waals surface area contributed by atoms with E-state index in [1.807, 2.05) is 0 Å². The molecular weight excluding hydrogens is 248 g/mol. The van der Waals surface area contributed by atoms with Crippen LogP contribution >= 0.6 is 11.6 Å². The van der Waals surface area contributed by atoms with Crippen molar-refractivity contribution in [3.8, 4) is 0 Å². The molecule has 0 aliphatic rings. The average Bonchev–Trinajstić information content (AvgIpc) is 2.24. The van der Waals surface area contributed by atoms with Gasteiger partial charge in [0.25, 0.3) is 5.91 Å². The number of para-hydroxylation sites is 1. The smallest absolute Gasteiger partial charge is 0.300 e. The van der Waals surface area contributed by atoms with Gasteiger partial charge in [-0.05, 0) is 19.1 Å². The molecule has 0 spiro atoms. The lowest BCUT2D eigenvalue weighted by Gasteiger charge is -2.07. The molecule has 0 aliphatic heterocycles. The number of aliphatic hydroxyl groups excluding tert-OH is 1. The van der Waals surface area contributed by atoms with Gasteiger partial charge in [-0.15, -0.1) is 0 Å². The molecule has 0 heterocycles. The second-order valence-electron chi connectivity index (χ2n) is 3.45. The first-order valence-corrected chi connectivity index (χ1v) is 5.20. The van der Waals surface area contributed by atoms with Crippen LogP contribution in [0.2, 0.25) is 5.02 Å². The number of halogens is 1. The van der Waals surface area contributed by atoms with E-state index >= 15 is 0 Å². The molecule has 1 rings (SSSR count). The molecule has 0 radical (unpaired) electrons. The fourth-order valence-corrected chi connectivity index (χ4v) is 1.46. The van der Waals surface area contributed by atoms with Gasteiger partial charge in [-0.3, -0.25) is 14.9 Å². The normalized spacial score (nSPS) is 11.9. The lowest BCUT2D eigenvalue weighted by atomic mass is 10.1. The van der Waals surface area contributed by atoms with Crippen LogP contribution in [0.1, 0.15) is 17.3 Å². The van der Waals surface area contributed by atoms with Crippen molar-refractivity contribution in [3.63, 3.8) is 0 Å². The molecule has 7 heteroatoms. The largest absolute Gasteiger partial charge is 0.392 e. The number of amides is 1. The van der Waals surface area contributed by atoms with Gasteiger partial charge in [0.05, 0.1) is 11.0 Å². The molecular formula is C10H11ClN2O4. The number of benzene rings is 1. The molecule has 0 saturated heterocycles. The molecule has 0 unspecified atom stereocenters. The molecule has 17 heavy (non-hydrogen) atoms. The minimum atomic E-state index is -0.725. The Kier molecular flexibility index (Phi) is 4.42. The Morgan fingerprint density at radius 3 is 2.82 bits per heavy atom. The summed E-state index contributed by atoms with van der Waals surface area (Å²) in [7, 11) is 0. The van der Waals surface area contributed by atoms with Gasteiger partial charge in [0.1, 0.15) is 10.6 Å². The molecule has 1 atom stereocenters. The third-order valence-corrected chi connectivity index (χ3v) is 2.28. The average molecular weight is 259 g/mol. The van der Waals surface area contributed by atoms with Crippen LogP contribution in [0.25, 0.3) is 0 Å². The number of nitro groups is 1. The lowest BCUT2D eigenvalue weighted by molar-refractivity contribution is -0.385. The van der Waals surface area contributed by atoms with E-state index < -0.39 is 22.6 Å². The standard InChI is InChI=1S/C10H11ClN2O4/c1-6(14)5-12-10(15)7-3-2-4-8(11)9(7)13(16)17/h2-4,6,14H,5H2,1H3,(H,12,15)/t6-/m1/s1. The summed E-state index contributed by atoms with van der Waals surface area (Å²) in [6.07, 6.45) is -0.725. The highest BCUT2D eigenvalue weighted by Gasteiger charge is 2.23. The Balaban J connectivity index is 3.01. The van der Waals surface area contributed by atoms with Crippen molar-refractivity contribution in [1.29, 1.82) is 0 Å². The highest BCUT2D eigenvalue weighted by Crippen LogP contribution is 2.27. The van der Waals surface area contributed by atoms with Crippen molar-refractivity contribution >= 4 is 23.2 Å². The van der Waals surface area contributed by atoms with Gasteiger partial charge in [0.2, 0.25) is 0 Å². The second kappa shape index (κ2) is 5.60. The predicted octanol–water partition coefficient (Wildman–Crippen LogP) is 1.36. The van der Waals surface area contributed by atoms with E-state index in [9.17, 15) is 14.9 Å². The summed E-state index contributed by atoms with van der Waals surface area (Å²) in [5, 5.41) is 22.1. The van der Waals surface area contributed by atoms with Crippen molar-refractivity contribution < 1.29 is 14.8 Å². The van der Waals surface area contributed by atoms with E-state index in [1.165, 1.54) is 25.1 Å². The maximum absolute atomic E-state index is 11.6. The summed E-state index contributed by atoms with van der Waals surface area (Å²) in [4.78, 5) is 21.7. The first kappa shape index (κ1) is 13.4. The van der Waals surface area contributed by atoms with Crippen LogP contribution in [0.4, 0.5) is 5.69 Å². The number of nitro benzene ring substituents is 1. The van der Waals surface area contributed by atoms with Crippen LogP contribution < -0.4 is 5.32 Å². The molecule has 1 amide bonds. The highest BCUT2D eigenvalue weighted by atomic mass is 35.5. The number of carbonyl (C=O) groups is 1. The maximum atomic E-state index is 11.6. The topological polar surface area (TPSA) is 92.5 Å². The number of aliphatic hydroxyl groups is 1. The van der Waals surface area contributed by atoms with Crippen molar-refractivity contribution in [2.75, 3.05) is 6.54 Å². The van der Waals surface area contributed by atoms with E-state index in [0.717, 1.165) is 0 Å². The minimum absolute atomic E-state index is 0.0164. The van der Waals surface area contributed by atoms with E-state index in [4.69, 9.17) is 16.7 Å². The van der Waals surface area contributed by atoms with Crippen molar-refractivity contribution in [2.24, 2.45) is 0 Å². The Labute approximate surface area is 102 Å². The Morgan fingerprint density at radius 2 is 2.29 bits per heavy atom.